The molecule has 6 aromatic rings. The molecule has 6 rings (SSSR count). The first-order chi connectivity index (χ1) is 28.3. The van der Waals surface area contributed by atoms with Crippen LogP contribution >= 0.6 is 0 Å². The van der Waals surface area contributed by atoms with Crippen LogP contribution in [0.25, 0.3) is 0 Å². The quantitative estimate of drug-likeness (QED) is 0.0387. The third kappa shape index (κ3) is 12.4. The average molecular weight is 774 g/mol. The minimum atomic E-state index is -0.621. The van der Waals surface area contributed by atoms with Crippen molar-refractivity contribution in [2.75, 3.05) is 13.1 Å². The summed E-state index contributed by atoms with van der Waals surface area (Å²) >= 11 is 0. The summed E-state index contributed by atoms with van der Waals surface area (Å²) in [5.41, 5.74) is 7.03. The summed E-state index contributed by atoms with van der Waals surface area (Å²) in [5, 5.41) is 3.34. The van der Waals surface area contributed by atoms with Crippen LogP contribution in [0.3, 0.4) is 0 Å². The Kier molecular flexibility index (Phi) is 14.0. The van der Waals surface area contributed by atoms with Gasteiger partial charge in [-0.3, -0.25) is 44.1 Å². The number of nitrogens with two attached hydrogens (primary N) is 1. The highest BCUT2D eigenvalue weighted by atomic mass is 16.5. The normalized spacial score (nSPS) is 11.0. The van der Waals surface area contributed by atoms with E-state index in [9.17, 15) is 19.2 Å². The van der Waals surface area contributed by atoms with Crippen LogP contribution < -0.4 is 11.2 Å². The molecule has 0 fully saturated rings. The van der Waals surface area contributed by atoms with Crippen LogP contribution in [0, 0.1) is 0 Å². The number of esters is 2. The molecule has 0 saturated carbocycles. The highest BCUT2D eigenvalue weighted by molar-refractivity contribution is 5.96. The lowest BCUT2D eigenvalue weighted by atomic mass is 10.0. The van der Waals surface area contributed by atoms with Gasteiger partial charge in [-0.2, -0.15) is 0 Å². The van der Waals surface area contributed by atoms with Crippen LogP contribution in [0.4, 0.5) is 11.4 Å². The zero-order chi connectivity index (χ0) is 40.5. The number of pyridine rings is 2. The van der Waals surface area contributed by atoms with Crippen molar-refractivity contribution in [2.24, 2.45) is 15.8 Å². The van der Waals surface area contributed by atoms with Gasteiger partial charge in [0.1, 0.15) is 26.3 Å². The van der Waals surface area contributed by atoms with Crippen LogP contribution in [-0.4, -0.2) is 64.2 Å². The van der Waals surface area contributed by atoms with Crippen molar-refractivity contribution in [3.63, 3.8) is 0 Å². The van der Waals surface area contributed by atoms with E-state index in [0.29, 0.717) is 23.4 Å². The van der Waals surface area contributed by atoms with E-state index in [1.54, 1.807) is 36.7 Å². The van der Waals surface area contributed by atoms with Gasteiger partial charge in [-0.15, -0.1) is 0 Å². The standard InChI is InChI=1S/C45H39N7O6/c46-52(29-43(54)58-31-35-9-5-2-6-10-35)45(56)37-16-22-41(48-25-37)27-50-39-19-13-33(14-20-39)23-32-11-17-38(18-12-32)49-26-40-21-15-36(24-47-40)44(55)51-28-42(53)57-30-34-7-3-1-4-8-34/h1-22,24-27H,23,28-31,46H2,(H,51,55). The second-order valence-electron chi connectivity index (χ2n) is 12.9. The molecule has 2 heterocycles. The first-order valence-electron chi connectivity index (χ1n) is 18.2. The number of carbonyl (C=O) groups is 4. The van der Waals surface area contributed by atoms with E-state index in [2.05, 4.69) is 25.3 Å². The van der Waals surface area contributed by atoms with Crippen LogP contribution in [0.15, 0.2) is 156 Å². The minimum Gasteiger partial charge on any atom is -0.460 e. The molecule has 4 aromatic carbocycles. The van der Waals surface area contributed by atoms with E-state index in [1.165, 1.54) is 12.4 Å². The second kappa shape index (κ2) is 20.3. The molecule has 0 unspecified atom stereocenters. The van der Waals surface area contributed by atoms with E-state index < -0.39 is 30.3 Å². The summed E-state index contributed by atoms with van der Waals surface area (Å²) < 4.78 is 10.4. The van der Waals surface area contributed by atoms with E-state index in [1.807, 2.05) is 109 Å². The van der Waals surface area contributed by atoms with Crippen LogP contribution in [0.5, 0.6) is 0 Å². The Labute approximate surface area is 334 Å². The number of hydrazine groups is 1. The Morgan fingerprint density at radius 2 is 1.07 bits per heavy atom. The van der Waals surface area contributed by atoms with Crippen molar-refractivity contribution in [1.29, 1.82) is 0 Å². The number of aromatic nitrogens is 2. The van der Waals surface area contributed by atoms with Gasteiger partial charge in [0.05, 0.1) is 46.3 Å². The Morgan fingerprint density at radius 3 is 1.55 bits per heavy atom. The summed E-state index contributed by atoms with van der Waals surface area (Å²) in [5.74, 6) is 3.68. The lowest BCUT2D eigenvalue weighted by Gasteiger charge is -2.15. The lowest BCUT2D eigenvalue weighted by molar-refractivity contribution is -0.146. The third-order valence-corrected chi connectivity index (χ3v) is 8.49. The molecule has 13 nitrogen and oxygen atoms in total. The van der Waals surface area contributed by atoms with Gasteiger partial charge in [0, 0.05) is 12.4 Å². The SMILES string of the molecule is NN(CC(=O)OCc1ccccc1)C(=O)c1ccc(C=Nc2ccc(Cc3ccc(N=Cc4ccc(C(=O)NCC(=O)OCc5ccccc5)cn4)cc3)cc2)nc1. The summed E-state index contributed by atoms with van der Waals surface area (Å²) in [6, 6.07) is 40.7. The smallest absolute Gasteiger partial charge is 0.327 e. The maximum absolute atomic E-state index is 12.7. The Morgan fingerprint density at radius 1 is 0.586 bits per heavy atom. The number of nitrogens with one attached hydrogen (secondary N) is 1. The number of aliphatic imine (C=N–C) groups is 2. The van der Waals surface area contributed by atoms with Crippen molar-refractivity contribution < 1.29 is 28.7 Å². The second-order valence-corrected chi connectivity index (χ2v) is 12.9. The molecule has 13 heteroatoms. The van der Waals surface area contributed by atoms with Gasteiger partial charge in [-0.1, -0.05) is 84.9 Å². The number of amides is 2. The number of benzene rings is 4. The maximum Gasteiger partial charge on any atom is 0.327 e. The number of ether oxygens (including phenoxy) is 2. The van der Waals surface area contributed by atoms with E-state index in [0.717, 1.165) is 38.6 Å². The molecular formula is C45H39N7O6. The number of hydrogen-bond acceptors (Lipinski definition) is 11. The van der Waals surface area contributed by atoms with Gasteiger partial charge in [-0.25, -0.2) is 5.84 Å². The predicted octanol–water partition coefficient (Wildman–Crippen LogP) is 6.10. The fourth-order valence-electron chi connectivity index (χ4n) is 5.34. The largest absolute Gasteiger partial charge is 0.460 e. The van der Waals surface area contributed by atoms with Crippen molar-refractivity contribution in [2.45, 2.75) is 19.6 Å². The average Bonchev–Trinajstić information content (AvgIpc) is 3.27. The molecule has 0 aliphatic heterocycles. The van der Waals surface area contributed by atoms with Crippen LogP contribution in [-0.2, 0) is 38.7 Å². The summed E-state index contributed by atoms with van der Waals surface area (Å²) in [6.45, 7) is -0.416. The number of nitrogens with zero attached hydrogens (tertiary/aromatic N) is 5. The van der Waals surface area contributed by atoms with Crippen molar-refractivity contribution >= 4 is 47.6 Å². The third-order valence-electron chi connectivity index (χ3n) is 8.49. The predicted molar refractivity (Wildman–Crippen MR) is 219 cm³/mol. The molecule has 58 heavy (non-hydrogen) atoms. The van der Waals surface area contributed by atoms with Gasteiger partial charge >= 0.3 is 11.9 Å². The maximum atomic E-state index is 12.7. The first kappa shape index (κ1) is 40.0. The molecule has 0 saturated heterocycles. The Bertz CT molecular complexity index is 2350. The molecule has 0 bridgehead atoms. The molecular weight excluding hydrogens is 735 g/mol. The Hall–Kier alpha value is -7.64. The van der Waals surface area contributed by atoms with Crippen LogP contribution in [0.2, 0.25) is 0 Å². The molecule has 290 valence electrons. The zero-order valence-electron chi connectivity index (χ0n) is 31.3. The summed E-state index contributed by atoms with van der Waals surface area (Å²) in [7, 11) is 0. The fraction of sp³-hybridized carbons (Fsp3) is 0.111. The van der Waals surface area contributed by atoms with Gasteiger partial charge in [0.2, 0.25) is 0 Å². The van der Waals surface area contributed by atoms with Crippen molar-refractivity contribution in [3.8, 4) is 0 Å². The minimum absolute atomic E-state index is 0.0921. The van der Waals surface area contributed by atoms with E-state index in [4.69, 9.17) is 15.3 Å². The number of rotatable bonds is 16. The number of carbonyl (C=O) groups excluding carboxylic acids is 4. The monoisotopic (exact) mass is 773 g/mol. The first-order valence-corrected chi connectivity index (χ1v) is 18.2. The molecule has 3 N–H and O–H groups in total. The Balaban J connectivity index is 0.914. The van der Waals surface area contributed by atoms with Crippen molar-refractivity contribution in [1.82, 2.24) is 20.3 Å². The van der Waals surface area contributed by atoms with Gasteiger partial charge < -0.3 is 14.8 Å². The zero-order valence-corrected chi connectivity index (χ0v) is 31.3. The highest BCUT2D eigenvalue weighted by Gasteiger charge is 2.17. The number of hydrogen-bond donors (Lipinski definition) is 2. The molecule has 2 amide bonds. The molecule has 0 aliphatic carbocycles. The van der Waals surface area contributed by atoms with Gasteiger partial charge in [-0.05, 0) is 77.2 Å². The van der Waals surface area contributed by atoms with E-state index >= 15 is 0 Å². The highest BCUT2D eigenvalue weighted by Crippen LogP contribution is 2.19. The van der Waals surface area contributed by atoms with Crippen LogP contribution in [0.1, 0.15) is 54.4 Å². The molecule has 0 radical (unpaired) electrons. The molecule has 2 aromatic heterocycles. The van der Waals surface area contributed by atoms with Gasteiger partial charge in [0.25, 0.3) is 11.8 Å². The molecule has 0 atom stereocenters. The molecule has 0 aliphatic rings. The van der Waals surface area contributed by atoms with Crippen molar-refractivity contribution in [3.05, 3.63) is 191 Å². The van der Waals surface area contributed by atoms with Gasteiger partial charge in [0.15, 0.2) is 0 Å². The summed E-state index contributed by atoms with van der Waals surface area (Å²) in [6.07, 6.45) is 6.73. The fourth-order valence-corrected chi connectivity index (χ4v) is 5.34. The molecule has 0 spiro atoms. The summed E-state index contributed by atoms with van der Waals surface area (Å²) in [4.78, 5) is 66.9. The topological polar surface area (TPSA) is 179 Å². The lowest BCUT2D eigenvalue weighted by Crippen LogP contribution is -2.41. The van der Waals surface area contributed by atoms with E-state index in [-0.39, 0.29) is 25.3 Å².